The Morgan fingerprint density at radius 2 is 1.85 bits per heavy atom. The van der Waals surface area contributed by atoms with Crippen molar-refractivity contribution in [2.75, 3.05) is 11.9 Å². The van der Waals surface area contributed by atoms with Crippen LogP contribution in [0.5, 0.6) is 0 Å². The van der Waals surface area contributed by atoms with E-state index in [1.54, 1.807) is 18.5 Å². The molecule has 20 heavy (non-hydrogen) atoms. The summed E-state index contributed by atoms with van der Waals surface area (Å²) in [5.41, 5.74) is 1.62. The lowest BCUT2D eigenvalue weighted by Crippen LogP contribution is -2.47. The Balaban J connectivity index is 1.46. The van der Waals surface area contributed by atoms with E-state index < -0.39 is 0 Å². The molecule has 1 heterocycles. The summed E-state index contributed by atoms with van der Waals surface area (Å²) in [5, 5.41) is 12.6. The van der Waals surface area contributed by atoms with Gasteiger partial charge in [0.25, 0.3) is 0 Å². The van der Waals surface area contributed by atoms with Crippen LogP contribution in [0.25, 0.3) is 0 Å². The molecule has 0 amide bonds. The van der Waals surface area contributed by atoms with Crippen LogP contribution in [0.4, 0.5) is 5.69 Å². The van der Waals surface area contributed by atoms with Gasteiger partial charge in [-0.3, -0.25) is 4.98 Å². The molecule has 4 aliphatic rings. The summed E-state index contributed by atoms with van der Waals surface area (Å²) >= 11 is 0. The highest BCUT2D eigenvalue weighted by atomic mass is 14.9. The van der Waals surface area contributed by atoms with Crippen molar-refractivity contribution in [3.05, 3.63) is 24.0 Å². The van der Waals surface area contributed by atoms with E-state index >= 15 is 0 Å². The molecule has 0 spiro atoms. The number of rotatable bonds is 3. The highest BCUT2D eigenvalue weighted by Crippen LogP contribution is 2.56. The Kier molecular flexibility index (Phi) is 2.91. The van der Waals surface area contributed by atoms with Crippen LogP contribution in [0.1, 0.15) is 37.7 Å². The van der Waals surface area contributed by atoms with Crippen LogP contribution in [0.15, 0.2) is 18.5 Å². The van der Waals surface area contributed by atoms with Gasteiger partial charge in [-0.05, 0) is 67.8 Å². The van der Waals surface area contributed by atoms with Crippen LogP contribution in [-0.4, -0.2) is 11.5 Å². The lowest BCUT2D eigenvalue weighted by molar-refractivity contribution is -0.0305. The molecule has 3 heteroatoms. The van der Waals surface area contributed by atoms with E-state index in [9.17, 15) is 0 Å². The van der Waals surface area contributed by atoms with Gasteiger partial charge in [-0.1, -0.05) is 0 Å². The first-order valence-electron chi connectivity index (χ1n) is 7.91. The van der Waals surface area contributed by atoms with E-state index in [4.69, 9.17) is 5.26 Å². The summed E-state index contributed by atoms with van der Waals surface area (Å²) in [7, 11) is 0. The molecule has 0 aliphatic heterocycles. The molecular formula is C17H21N3. The zero-order valence-corrected chi connectivity index (χ0v) is 11.8. The zero-order chi connectivity index (χ0) is 13.5. The van der Waals surface area contributed by atoms with Gasteiger partial charge in [0.1, 0.15) is 6.07 Å². The summed E-state index contributed by atoms with van der Waals surface area (Å²) < 4.78 is 0. The van der Waals surface area contributed by atoms with E-state index in [1.807, 2.05) is 0 Å². The Morgan fingerprint density at radius 1 is 1.15 bits per heavy atom. The average Bonchev–Trinajstić information content (AvgIpc) is 2.46. The van der Waals surface area contributed by atoms with E-state index in [1.165, 1.54) is 32.1 Å². The number of aromatic nitrogens is 1. The summed E-state index contributed by atoms with van der Waals surface area (Å²) in [5.74, 6) is 4.74. The molecule has 4 bridgehead atoms. The van der Waals surface area contributed by atoms with Gasteiger partial charge in [-0.2, -0.15) is 5.26 Å². The van der Waals surface area contributed by atoms with E-state index in [-0.39, 0.29) is 0 Å². The number of nitrogens with one attached hydrogen (secondary N) is 1. The number of anilines is 1. The lowest BCUT2D eigenvalue weighted by atomic mass is 9.52. The quantitative estimate of drug-likeness (QED) is 0.912. The van der Waals surface area contributed by atoms with Gasteiger partial charge < -0.3 is 5.32 Å². The molecule has 104 valence electrons. The van der Waals surface area contributed by atoms with Gasteiger partial charge >= 0.3 is 0 Å². The summed E-state index contributed by atoms with van der Waals surface area (Å²) in [6.07, 6.45) is 10.8. The molecule has 0 aromatic carbocycles. The predicted molar refractivity (Wildman–Crippen MR) is 78.0 cm³/mol. The van der Waals surface area contributed by atoms with Crippen LogP contribution in [0.2, 0.25) is 0 Å². The third kappa shape index (κ3) is 1.98. The largest absolute Gasteiger partial charge is 0.382 e. The second-order valence-electron chi connectivity index (χ2n) is 7.01. The van der Waals surface area contributed by atoms with Gasteiger partial charge in [0.15, 0.2) is 0 Å². The molecule has 5 rings (SSSR count). The molecule has 1 aromatic heterocycles. The van der Waals surface area contributed by atoms with Crippen molar-refractivity contribution in [1.82, 2.24) is 4.98 Å². The van der Waals surface area contributed by atoms with Crippen molar-refractivity contribution < 1.29 is 0 Å². The minimum absolute atomic E-state index is 0.712. The SMILES string of the molecule is N#Cc1ccncc1NCC1C2CC3CC(C2)CC1C3. The number of nitriles is 1. The monoisotopic (exact) mass is 267 g/mol. The van der Waals surface area contributed by atoms with Crippen LogP contribution in [0.3, 0.4) is 0 Å². The van der Waals surface area contributed by atoms with Crippen molar-refractivity contribution in [3.63, 3.8) is 0 Å². The molecule has 0 unspecified atom stereocenters. The third-order valence-electron chi connectivity index (χ3n) is 5.89. The molecule has 4 aliphatic carbocycles. The van der Waals surface area contributed by atoms with Crippen molar-refractivity contribution >= 4 is 5.69 Å². The van der Waals surface area contributed by atoms with Crippen molar-refractivity contribution in [3.8, 4) is 6.07 Å². The van der Waals surface area contributed by atoms with Crippen molar-refractivity contribution in [1.29, 1.82) is 5.26 Å². The average molecular weight is 267 g/mol. The summed E-state index contributed by atoms with van der Waals surface area (Å²) in [6.45, 7) is 1.02. The highest BCUT2D eigenvalue weighted by molar-refractivity contribution is 5.55. The van der Waals surface area contributed by atoms with Gasteiger partial charge in [-0.15, -0.1) is 0 Å². The standard InChI is InChI=1S/C17H21N3/c18-8-13-1-2-19-10-17(13)20-9-16-14-4-11-3-12(6-14)7-15(16)5-11/h1-2,10-12,14-16,20H,3-7,9H2. The summed E-state index contributed by atoms with van der Waals surface area (Å²) in [4.78, 5) is 4.13. The van der Waals surface area contributed by atoms with Gasteiger partial charge in [0.2, 0.25) is 0 Å². The normalized spacial score (nSPS) is 37.6. The Morgan fingerprint density at radius 3 is 2.50 bits per heavy atom. The van der Waals surface area contributed by atoms with Crippen LogP contribution < -0.4 is 5.32 Å². The Bertz CT molecular complexity index is 517. The first-order valence-corrected chi connectivity index (χ1v) is 7.91. The van der Waals surface area contributed by atoms with Crippen molar-refractivity contribution in [2.24, 2.45) is 29.6 Å². The number of hydrogen-bond acceptors (Lipinski definition) is 3. The zero-order valence-electron chi connectivity index (χ0n) is 11.8. The molecule has 0 radical (unpaired) electrons. The van der Waals surface area contributed by atoms with E-state index in [2.05, 4.69) is 16.4 Å². The number of nitrogens with zero attached hydrogens (tertiary/aromatic N) is 2. The lowest BCUT2D eigenvalue weighted by Gasteiger charge is -2.54. The van der Waals surface area contributed by atoms with Gasteiger partial charge in [0, 0.05) is 12.7 Å². The van der Waals surface area contributed by atoms with E-state index in [0.717, 1.165) is 41.8 Å². The van der Waals surface area contributed by atoms with Crippen LogP contribution in [-0.2, 0) is 0 Å². The molecule has 0 atom stereocenters. The molecule has 3 nitrogen and oxygen atoms in total. The van der Waals surface area contributed by atoms with Crippen LogP contribution in [0, 0.1) is 40.9 Å². The number of hydrogen-bond donors (Lipinski definition) is 1. The molecule has 1 N–H and O–H groups in total. The minimum atomic E-state index is 0.712. The fraction of sp³-hybridized carbons (Fsp3) is 0.647. The molecule has 4 fully saturated rings. The highest BCUT2D eigenvalue weighted by Gasteiger charge is 2.47. The maximum absolute atomic E-state index is 9.14. The first kappa shape index (κ1) is 12.2. The fourth-order valence-electron chi connectivity index (χ4n) is 5.23. The second kappa shape index (κ2) is 4.77. The minimum Gasteiger partial charge on any atom is -0.382 e. The fourth-order valence-corrected chi connectivity index (χ4v) is 5.23. The second-order valence-corrected chi connectivity index (χ2v) is 7.01. The van der Waals surface area contributed by atoms with Gasteiger partial charge in [0.05, 0.1) is 17.4 Å². The topological polar surface area (TPSA) is 48.7 Å². The molecule has 1 aromatic rings. The van der Waals surface area contributed by atoms with Crippen LogP contribution >= 0.6 is 0 Å². The smallest absolute Gasteiger partial charge is 0.101 e. The van der Waals surface area contributed by atoms with E-state index in [0.29, 0.717) is 5.56 Å². The molecular weight excluding hydrogens is 246 g/mol. The third-order valence-corrected chi connectivity index (χ3v) is 5.89. The number of pyridine rings is 1. The molecule has 4 saturated carbocycles. The van der Waals surface area contributed by atoms with Crippen molar-refractivity contribution in [2.45, 2.75) is 32.1 Å². The van der Waals surface area contributed by atoms with Gasteiger partial charge in [-0.25, -0.2) is 0 Å². The Hall–Kier alpha value is -1.56. The summed E-state index contributed by atoms with van der Waals surface area (Å²) in [6, 6.07) is 4.04. The predicted octanol–water partition coefficient (Wildman–Crippen LogP) is 3.44. The Labute approximate surface area is 120 Å². The molecule has 0 saturated heterocycles. The first-order chi connectivity index (χ1) is 9.83. The maximum atomic E-state index is 9.14. The maximum Gasteiger partial charge on any atom is 0.101 e.